The molecule has 0 aliphatic carbocycles. The summed E-state index contributed by atoms with van der Waals surface area (Å²) < 4.78 is 5.08. The minimum atomic E-state index is -0.958. The second kappa shape index (κ2) is 6.97. The van der Waals surface area contributed by atoms with Crippen molar-refractivity contribution in [2.45, 2.75) is 12.8 Å². The topological polar surface area (TPSA) is 70.1 Å². The number of carboxylic acids is 1. The van der Waals surface area contributed by atoms with Crippen molar-refractivity contribution in [1.82, 2.24) is 4.90 Å². The van der Waals surface area contributed by atoms with Gasteiger partial charge in [-0.2, -0.15) is 0 Å². The van der Waals surface area contributed by atoms with Gasteiger partial charge in [0, 0.05) is 18.8 Å². The number of methoxy groups -OCH3 is 1. The monoisotopic (exact) mass is 292 g/mol. The quantitative estimate of drug-likeness (QED) is 0.853. The highest BCUT2D eigenvalue weighted by molar-refractivity contribution is 5.84. The fourth-order valence-electron chi connectivity index (χ4n) is 2.42. The van der Waals surface area contributed by atoms with Gasteiger partial charge in [-0.25, -0.2) is 0 Å². The summed E-state index contributed by atoms with van der Waals surface area (Å²) in [6, 6.07) is 7.03. The summed E-state index contributed by atoms with van der Waals surface area (Å²) >= 11 is 0. The van der Waals surface area contributed by atoms with Gasteiger partial charge in [0.15, 0.2) is 0 Å². The number of benzene rings is 1. The highest BCUT2D eigenvalue weighted by Gasteiger charge is 2.21. The Bertz CT molecular complexity index is 495. The van der Waals surface area contributed by atoms with Gasteiger partial charge < -0.3 is 19.6 Å². The lowest BCUT2D eigenvalue weighted by Crippen LogP contribution is -2.41. The maximum Gasteiger partial charge on any atom is 0.323 e. The van der Waals surface area contributed by atoms with Crippen LogP contribution >= 0.6 is 0 Å². The minimum absolute atomic E-state index is 0.0235. The van der Waals surface area contributed by atoms with Crippen LogP contribution in [0.2, 0.25) is 0 Å². The van der Waals surface area contributed by atoms with Gasteiger partial charge in [-0.05, 0) is 37.1 Å². The van der Waals surface area contributed by atoms with Crippen LogP contribution in [-0.2, 0) is 9.59 Å². The van der Waals surface area contributed by atoms with Crippen LogP contribution in [-0.4, -0.2) is 55.2 Å². The molecule has 1 aromatic rings. The number of hydrogen-bond acceptors (Lipinski definition) is 4. The highest BCUT2D eigenvalue weighted by Crippen LogP contribution is 2.19. The van der Waals surface area contributed by atoms with Crippen LogP contribution in [0.1, 0.15) is 12.8 Å². The smallest absolute Gasteiger partial charge is 0.323 e. The predicted octanol–water partition coefficient (Wildman–Crippen LogP) is 1.21. The number of nitrogens with zero attached hydrogens (tertiary/aromatic N) is 2. The van der Waals surface area contributed by atoms with E-state index in [1.807, 2.05) is 0 Å². The minimum Gasteiger partial charge on any atom is -0.497 e. The molecule has 1 aromatic carbocycles. The molecule has 2 rings (SSSR count). The molecule has 1 aliphatic rings. The van der Waals surface area contributed by atoms with E-state index in [0.29, 0.717) is 11.4 Å². The van der Waals surface area contributed by atoms with E-state index in [4.69, 9.17) is 9.84 Å². The second-order valence-corrected chi connectivity index (χ2v) is 5.04. The van der Waals surface area contributed by atoms with Crippen molar-refractivity contribution in [3.05, 3.63) is 24.3 Å². The second-order valence-electron chi connectivity index (χ2n) is 5.04. The summed E-state index contributed by atoms with van der Waals surface area (Å²) in [5.74, 6) is -0.287. The van der Waals surface area contributed by atoms with Crippen molar-refractivity contribution < 1.29 is 19.4 Å². The van der Waals surface area contributed by atoms with Gasteiger partial charge in [0.2, 0.25) is 5.91 Å². The molecule has 0 bridgehead atoms. The number of rotatable bonds is 6. The molecular weight excluding hydrogens is 272 g/mol. The van der Waals surface area contributed by atoms with Crippen molar-refractivity contribution in [2.24, 2.45) is 0 Å². The number of ether oxygens (including phenoxy) is 1. The van der Waals surface area contributed by atoms with Crippen LogP contribution in [0.5, 0.6) is 5.75 Å². The third kappa shape index (κ3) is 4.11. The van der Waals surface area contributed by atoms with Crippen LogP contribution < -0.4 is 9.64 Å². The Balaban J connectivity index is 2.08. The van der Waals surface area contributed by atoms with Gasteiger partial charge in [-0.15, -0.1) is 0 Å². The fraction of sp³-hybridized carbons (Fsp3) is 0.467. The molecular formula is C15H20N2O4. The Morgan fingerprint density at radius 1 is 1.19 bits per heavy atom. The van der Waals surface area contributed by atoms with E-state index in [9.17, 15) is 9.59 Å². The molecule has 0 saturated carbocycles. The molecule has 0 atom stereocenters. The molecule has 1 amide bonds. The molecule has 6 heteroatoms. The Labute approximate surface area is 123 Å². The Morgan fingerprint density at radius 3 is 2.33 bits per heavy atom. The number of aliphatic carboxylic acids is 1. The van der Waals surface area contributed by atoms with Gasteiger partial charge in [-0.3, -0.25) is 9.59 Å². The van der Waals surface area contributed by atoms with Gasteiger partial charge in [0.25, 0.3) is 0 Å². The normalized spacial score (nSPS) is 14.0. The van der Waals surface area contributed by atoms with Crippen molar-refractivity contribution in [3.8, 4) is 5.75 Å². The van der Waals surface area contributed by atoms with E-state index >= 15 is 0 Å². The Morgan fingerprint density at radius 2 is 1.81 bits per heavy atom. The highest BCUT2D eigenvalue weighted by atomic mass is 16.5. The van der Waals surface area contributed by atoms with E-state index in [0.717, 1.165) is 25.9 Å². The van der Waals surface area contributed by atoms with Crippen molar-refractivity contribution in [2.75, 3.05) is 38.2 Å². The average Bonchev–Trinajstić information content (AvgIpc) is 3.00. The van der Waals surface area contributed by atoms with Gasteiger partial charge in [0.1, 0.15) is 12.3 Å². The molecule has 0 spiro atoms. The zero-order chi connectivity index (χ0) is 15.2. The maximum absolute atomic E-state index is 12.2. The fourth-order valence-corrected chi connectivity index (χ4v) is 2.42. The molecule has 0 radical (unpaired) electrons. The number of hydrogen-bond donors (Lipinski definition) is 1. The number of amides is 1. The van der Waals surface area contributed by atoms with Crippen molar-refractivity contribution in [3.63, 3.8) is 0 Å². The number of likely N-dealkylation sites (tertiary alicyclic amines) is 1. The first kappa shape index (κ1) is 15.2. The molecule has 0 unspecified atom stereocenters. The first-order valence-corrected chi connectivity index (χ1v) is 6.98. The van der Waals surface area contributed by atoms with E-state index in [2.05, 4.69) is 0 Å². The number of anilines is 1. The summed E-state index contributed by atoms with van der Waals surface area (Å²) in [4.78, 5) is 26.6. The summed E-state index contributed by atoms with van der Waals surface area (Å²) in [5.41, 5.74) is 0.700. The Kier molecular flexibility index (Phi) is 5.03. The number of carbonyl (C=O) groups is 2. The first-order valence-electron chi connectivity index (χ1n) is 6.98. The SMILES string of the molecule is COc1ccc(N(CC(=O)O)CC(=O)N2CCCC2)cc1. The summed E-state index contributed by atoms with van der Waals surface area (Å²) in [6.07, 6.45) is 2.04. The standard InChI is InChI=1S/C15H20N2O4/c1-21-13-6-4-12(5-7-13)17(11-15(19)20)10-14(18)16-8-2-3-9-16/h4-7H,2-3,8-11H2,1H3,(H,19,20). The number of carbonyl (C=O) groups excluding carboxylic acids is 1. The average molecular weight is 292 g/mol. The lowest BCUT2D eigenvalue weighted by atomic mass is 10.2. The molecule has 1 saturated heterocycles. The van der Waals surface area contributed by atoms with Gasteiger partial charge in [0.05, 0.1) is 13.7 Å². The van der Waals surface area contributed by atoms with Crippen LogP contribution in [0, 0.1) is 0 Å². The lowest BCUT2D eigenvalue weighted by molar-refractivity contribution is -0.135. The molecule has 6 nitrogen and oxygen atoms in total. The molecule has 1 fully saturated rings. The van der Waals surface area contributed by atoms with Crippen LogP contribution in [0.25, 0.3) is 0 Å². The van der Waals surface area contributed by atoms with Crippen molar-refractivity contribution in [1.29, 1.82) is 0 Å². The van der Waals surface area contributed by atoms with E-state index in [1.165, 1.54) is 0 Å². The summed E-state index contributed by atoms with van der Waals surface area (Å²) in [7, 11) is 1.57. The lowest BCUT2D eigenvalue weighted by Gasteiger charge is -2.25. The largest absolute Gasteiger partial charge is 0.497 e. The summed E-state index contributed by atoms with van der Waals surface area (Å²) in [5, 5.41) is 9.03. The molecule has 21 heavy (non-hydrogen) atoms. The van der Waals surface area contributed by atoms with Crippen LogP contribution in [0.15, 0.2) is 24.3 Å². The third-order valence-electron chi connectivity index (χ3n) is 3.55. The molecule has 114 valence electrons. The molecule has 1 N–H and O–H groups in total. The molecule has 1 aliphatic heterocycles. The number of carboxylic acid groups (broad SMARTS) is 1. The first-order chi connectivity index (χ1) is 10.1. The third-order valence-corrected chi connectivity index (χ3v) is 3.55. The van der Waals surface area contributed by atoms with Crippen molar-refractivity contribution >= 4 is 17.6 Å². The van der Waals surface area contributed by atoms with E-state index in [1.54, 1.807) is 41.2 Å². The Hall–Kier alpha value is -2.24. The molecule has 0 aromatic heterocycles. The zero-order valence-electron chi connectivity index (χ0n) is 12.1. The van der Waals surface area contributed by atoms with Crippen LogP contribution in [0.3, 0.4) is 0 Å². The summed E-state index contributed by atoms with van der Waals surface area (Å²) in [6.45, 7) is 1.41. The predicted molar refractivity (Wildman–Crippen MR) is 78.7 cm³/mol. The molecule has 1 heterocycles. The van der Waals surface area contributed by atoms with E-state index < -0.39 is 5.97 Å². The maximum atomic E-state index is 12.2. The van der Waals surface area contributed by atoms with E-state index in [-0.39, 0.29) is 19.0 Å². The van der Waals surface area contributed by atoms with Gasteiger partial charge in [-0.1, -0.05) is 0 Å². The zero-order valence-corrected chi connectivity index (χ0v) is 12.1. The van der Waals surface area contributed by atoms with Crippen LogP contribution in [0.4, 0.5) is 5.69 Å². The van der Waals surface area contributed by atoms with Gasteiger partial charge >= 0.3 is 5.97 Å².